The molecular weight excluding hydrogens is 446 g/mol. The van der Waals surface area contributed by atoms with Crippen LogP contribution in [0.25, 0.3) is 0 Å². The summed E-state index contributed by atoms with van der Waals surface area (Å²) < 4.78 is 34.8. The molecule has 1 aliphatic heterocycles. The Labute approximate surface area is 199 Å². The minimum atomic E-state index is -0.940. The van der Waals surface area contributed by atoms with Gasteiger partial charge in [-0.3, -0.25) is 14.6 Å². The van der Waals surface area contributed by atoms with Crippen molar-refractivity contribution < 1.29 is 27.8 Å². The summed E-state index contributed by atoms with van der Waals surface area (Å²) in [6, 6.07) is 7.00. The lowest BCUT2D eigenvalue weighted by molar-refractivity contribution is -0.126. The number of pyridine rings is 1. The molecule has 0 saturated carbocycles. The Morgan fingerprint density at radius 3 is 2.50 bits per heavy atom. The highest BCUT2D eigenvalue weighted by molar-refractivity contribution is 5.97. The van der Waals surface area contributed by atoms with Crippen LogP contribution in [0.2, 0.25) is 0 Å². The van der Waals surface area contributed by atoms with E-state index in [-0.39, 0.29) is 29.4 Å². The fraction of sp³-hybridized carbons (Fsp3) is 0.458. The molecule has 3 rings (SSSR count). The zero-order valence-electron chi connectivity index (χ0n) is 20.3. The van der Waals surface area contributed by atoms with Crippen LogP contribution >= 0.6 is 0 Å². The number of halogens is 2. The number of carbonyl (C=O) groups is 2. The molecule has 8 nitrogen and oxygen atoms in total. The van der Waals surface area contributed by atoms with Gasteiger partial charge in [-0.2, -0.15) is 4.39 Å². The number of anilines is 1. The topological polar surface area (TPSA) is 102 Å². The highest BCUT2D eigenvalue weighted by atomic mass is 19.2. The Bertz CT molecular complexity index is 914. The predicted molar refractivity (Wildman–Crippen MR) is 127 cm³/mol. The Morgan fingerprint density at radius 1 is 1.18 bits per heavy atom. The van der Waals surface area contributed by atoms with Gasteiger partial charge in [0.2, 0.25) is 5.82 Å². The maximum absolute atomic E-state index is 12.5. The molecule has 10 heteroatoms. The molecular formula is C24H34F2N4O4. The number of likely N-dealkylation sites (N-methyl/N-ethyl adjacent to an activating group) is 1. The van der Waals surface area contributed by atoms with E-state index in [2.05, 4.69) is 25.7 Å². The molecule has 0 radical (unpaired) electrons. The summed E-state index contributed by atoms with van der Waals surface area (Å²) in [7, 11) is 3.10. The van der Waals surface area contributed by atoms with E-state index in [1.54, 1.807) is 12.1 Å². The summed E-state index contributed by atoms with van der Waals surface area (Å²) >= 11 is 0. The number of carbonyl (C=O) groups excluding carboxylic acids is 2. The molecule has 34 heavy (non-hydrogen) atoms. The van der Waals surface area contributed by atoms with E-state index >= 15 is 0 Å². The lowest BCUT2D eigenvalue weighted by Gasteiger charge is -2.12. The molecule has 1 saturated heterocycles. The van der Waals surface area contributed by atoms with E-state index in [0.29, 0.717) is 18.8 Å². The number of hydrogen-bond donors (Lipinski definition) is 3. The van der Waals surface area contributed by atoms with Gasteiger partial charge in [-0.25, -0.2) is 4.39 Å². The number of aromatic nitrogens is 1. The molecule has 2 unspecified atom stereocenters. The molecule has 1 fully saturated rings. The van der Waals surface area contributed by atoms with Crippen molar-refractivity contribution in [1.82, 2.24) is 15.6 Å². The Morgan fingerprint density at radius 2 is 1.91 bits per heavy atom. The summed E-state index contributed by atoms with van der Waals surface area (Å²) in [5.74, 6) is -2.35. The van der Waals surface area contributed by atoms with E-state index in [1.807, 2.05) is 27.8 Å². The van der Waals surface area contributed by atoms with Gasteiger partial charge in [0.05, 0.1) is 13.2 Å². The Hall–Kier alpha value is -3.11. The number of hydrogen-bond acceptors (Lipinski definition) is 6. The van der Waals surface area contributed by atoms with E-state index in [0.717, 1.165) is 18.9 Å². The number of methoxy groups -OCH3 is 1. The molecule has 0 spiro atoms. The lowest BCUT2D eigenvalue weighted by atomic mass is 10.2. The van der Waals surface area contributed by atoms with E-state index in [4.69, 9.17) is 4.74 Å². The first-order valence-corrected chi connectivity index (χ1v) is 11.2. The fourth-order valence-electron chi connectivity index (χ4n) is 2.88. The van der Waals surface area contributed by atoms with Gasteiger partial charge in [0.25, 0.3) is 11.8 Å². The second-order valence-corrected chi connectivity index (χ2v) is 7.05. The zero-order chi connectivity index (χ0) is 25.5. The van der Waals surface area contributed by atoms with E-state index in [1.165, 1.54) is 25.4 Å². The third-order valence-corrected chi connectivity index (χ3v) is 4.58. The number of nitrogens with one attached hydrogen (secondary N) is 3. The molecule has 3 N–H and O–H groups in total. The van der Waals surface area contributed by atoms with Crippen LogP contribution < -0.4 is 20.7 Å². The van der Waals surface area contributed by atoms with Crippen LogP contribution in [0.4, 0.5) is 14.5 Å². The first-order chi connectivity index (χ1) is 16.3. The highest BCUT2D eigenvalue weighted by Gasteiger charge is 2.28. The maximum atomic E-state index is 12.5. The van der Waals surface area contributed by atoms with Crippen LogP contribution in [0.5, 0.6) is 5.75 Å². The van der Waals surface area contributed by atoms with Gasteiger partial charge in [0.15, 0.2) is 11.6 Å². The van der Waals surface area contributed by atoms with Crippen LogP contribution in [0.1, 0.15) is 44.1 Å². The zero-order valence-corrected chi connectivity index (χ0v) is 20.3. The standard InChI is InChI=1S/C15H22N4O3.C7H6F2O.C2H6/c1-10-3-4-13(22-10)15(21)19-11-5-6-17-12(9-11)14(20)18-8-7-16-2;1-10-6-4-2-3-5(8)7(6)9;1-2/h5-6,9-10,13,16H,3-4,7-8H2,1-2H3,(H,18,20)(H,17,19,21);2-4H,1H3;1-2H3. The van der Waals surface area contributed by atoms with Gasteiger partial charge in [-0.1, -0.05) is 19.9 Å². The van der Waals surface area contributed by atoms with Gasteiger partial charge in [0, 0.05) is 25.0 Å². The number of amides is 2. The Balaban J connectivity index is 0.000000402. The number of rotatable bonds is 7. The van der Waals surface area contributed by atoms with E-state index < -0.39 is 17.7 Å². The van der Waals surface area contributed by atoms with Gasteiger partial charge >= 0.3 is 0 Å². The van der Waals surface area contributed by atoms with Crippen molar-refractivity contribution in [1.29, 1.82) is 0 Å². The van der Waals surface area contributed by atoms with Gasteiger partial charge in [0.1, 0.15) is 11.8 Å². The Kier molecular flexibility index (Phi) is 13.3. The van der Waals surface area contributed by atoms with Crippen LogP contribution in [0, 0.1) is 11.6 Å². The summed E-state index contributed by atoms with van der Waals surface area (Å²) in [6.45, 7) is 7.15. The lowest BCUT2D eigenvalue weighted by Crippen LogP contribution is -2.31. The summed E-state index contributed by atoms with van der Waals surface area (Å²) in [6.07, 6.45) is 2.79. The number of nitrogens with zero attached hydrogens (tertiary/aromatic N) is 1. The normalized spacial score (nSPS) is 16.3. The molecule has 2 amide bonds. The third kappa shape index (κ3) is 9.40. The van der Waals surface area contributed by atoms with E-state index in [9.17, 15) is 18.4 Å². The molecule has 0 bridgehead atoms. The molecule has 0 aliphatic carbocycles. The summed E-state index contributed by atoms with van der Waals surface area (Å²) in [5.41, 5.74) is 0.816. The van der Waals surface area contributed by atoms with Crippen LogP contribution in [0.3, 0.4) is 0 Å². The molecule has 2 heterocycles. The SMILES string of the molecule is CC.CNCCNC(=O)c1cc(NC(=O)C2CCC(C)O2)ccn1.COc1cccc(F)c1F. The van der Waals surface area contributed by atoms with Gasteiger partial charge < -0.3 is 25.4 Å². The second-order valence-electron chi connectivity index (χ2n) is 7.05. The molecule has 1 aliphatic rings. The van der Waals surface area contributed by atoms with Crippen LogP contribution in [-0.2, 0) is 9.53 Å². The van der Waals surface area contributed by atoms with Crippen molar-refractivity contribution >= 4 is 17.5 Å². The largest absolute Gasteiger partial charge is 0.494 e. The molecule has 1 aromatic heterocycles. The second kappa shape index (κ2) is 15.7. The van der Waals surface area contributed by atoms with Gasteiger partial charge in [-0.05, 0) is 51.1 Å². The minimum absolute atomic E-state index is 0.0694. The number of ether oxygens (including phenoxy) is 2. The molecule has 1 aromatic carbocycles. The third-order valence-electron chi connectivity index (χ3n) is 4.58. The van der Waals surface area contributed by atoms with Gasteiger partial charge in [-0.15, -0.1) is 0 Å². The molecule has 2 atom stereocenters. The van der Waals surface area contributed by atoms with Crippen molar-refractivity contribution in [2.45, 2.75) is 45.8 Å². The average Bonchev–Trinajstić information content (AvgIpc) is 3.29. The van der Waals surface area contributed by atoms with Crippen molar-refractivity contribution in [2.75, 3.05) is 32.6 Å². The van der Waals surface area contributed by atoms with Crippen molar-refractivity contribution in [3.8, 4) is 5.75 Å². The van der Waals surface area contributed by atoms with Crippen LogP contribution in [0.15, 0.2) is 36.5 Å². The highest BCUT2D eigenvalue weighted by Crippen LogP contribution is 2.21. The molecule has 188 valence electrons. The van der Waals surface area contributed by atoms with Crippen molar-refractivity contribution in [3.05, 3.63) is 53.9 Å². The summed E-state index contributed by atoms with van der Waals surface area (Å²) in [4.78, 5) is 28.0. The quantitative estimate of drug-likeness (QED) is 0.524. The first-order valence-electron chi connectivity index (χ1n) is 11.2. The first kappa shape index (κ1) is 28.9. The van der Waals surface area contributed by atoms with Crippen molar-refractivity contribution in [2.24, 2.45) is 0 Å². The van der Waals surface area contributed by atoms with Crippen molar-refractivity contribution in [3.63, 3.8) is 0 Å². The fourth-order valence-corrected chi connectivity index (χ4v) is 2.88. The average molecular weight is 481 g/mol. The monoisotopic (exact) mass is 480 g/mol. The minimum Gasteiger partial charge on any atom is -0.494 e. The molecule has 2 aromatic rings. The maximum Gasteiger partial charge on any atom is 0.269 e. The predicted octanol–water partition coefficient (Wildman–Crippen LogP) is 3.54. The number of benzene rings is 1. The summed E-state index contributed by atoms with van der Waals surface area (Å²) in [5, 5.41) is 8.45. The van der Waals surface area contributed by atoms with Crippen LogP contribution in [-0.4, -0.2) is 56.3 Å². The smallest absolute Gasteiger partial charge is 0.269 e.